The van der Waals surface area contributed by atoms with Crippen molar-refractivity contribution in [3.05, 3.63) is 47.1 Å². The Hall–Kier alpha value is -1.77. The molecule has 0 aromatic heterocycles. The number of carbonyl (C=O) groups excluding carboxylic acids is 1. The zero-order chi connectivity index (χ0) is 28.4. The van der Waals surface area contributed by atoms with Gasteiger partial charge in [0.05, 0.1) is 24.9 Å². The molecule has 1 aliphatic carbocycles. The van der Waals surface area contributed by atoms with Crippen molar-refractivity contribution >= 4 is 5.97 Å². The SMILES string of the molecule is COC1CC2(O)/C(CO)=C/C=C\C(C)C/C(C)=C\CC3CC(CC4(CCC(C)C(C)O4)O3)OC(=O)C2C=C1C. The van der Waals surface area contributed by atoms with Gasteiger partial charge >= 0.3 is 5.97 Å². The number of fused-ring (bicyclic) bond motifs is 3. The lowest BCUT2D eigenvalue weighted by molar-refractivity contribution is -0.332. The van der Waals surface area contributed by atoms with Crippen molar-refractivity contribution in [1.29, 1.82) is 0 Å². The molecule has 4 rings (SSSR count). The van der Waals surface area contributed by atoms with Gasteiger partial charge in [-0.25, -0.2) is 0 Å². The molecular weight excluding hydrogens is 496 g/mol. The van der Waals surface area contributed by atoms with Crippen molar-refractivity contribution in [2.45, 2.75) is 115 Å². The minimum absolute atomic E-state index is 0.0499. The first-order valence-corrected chi connectivity index (χ1v) is 14.6. The summed E-state index contributed by atoms with van der Waals surface area (Å²) in [5.41, 5.74) is 0.863. The van der Waals surface area contributed by atoms with Crippen molar-refractivity contribution in [2.24, 2.45) is 17.8 Å². The quantitative estimate of drug-likeness (QED) is 0.366. The average Bonchev–Trinajstić information content (AvgIpc) is 2.88. The van der Waals surface area contributed by atoms with Crippen LogP contribution in [0.1, 0.15) is 79.6 Å². The molecule has 0 saturated carbocycles. The largest absolute Gasteiger partial charge is 0.462 e. The molecule has 218 valence electrons. The molecule has 2 saturated heterocycles. The maximum Gasteiger partial charge on any atom is 0.316 e. The van der Waals surface area contributed by atoms with E-state index in [1.54, 1.807) is 19.3 Å². The fourth-order valence-electron chi connectivity index (χ4n) is 6.66. The summed E-state index contributed by atoms with van der Waals surface area (Å²) < 4.78 is 25.0. The maximum absolute atomic E-state index is 13.9. The molecule has 0 radical (unpaired) electrons. The second kappa shape index (κ2) is 12.4. The number of carbonyl (C=O) groups is 1. The number of esters is 1. The van der Waals surface area contributed by atoms with Crippen molar-refractivity contribution in [1.82, 2.24) is 0 Å². The van der Waals surface area contributed by atoms with Crippen LogP contribution >= 0.6 is 0 Å². The van der Waals surface area contributed by atoms with Crippen LogP contribution in [0.5, 0.6) is 0 Å². The third-order valence-corrected chi connectivity index (χ3v) is 9.23. The van der Waals surface area contributed by atoms with Gasteiger partial charge in [-0.05, 0) is 63.0 Å². The van der Waals surface area contributed by atoms with Crippen LogP contribution in [0.3, 0.4) is 0 Å². The Kier molecular flexibility index (Phi) is 9.60. The molecule has 2 fully saturated rings. The van der Waals surface area contributed by atoms with Gasteiger partial charge in [0.15, 0.2) is 5.79 Å². The van der Waals surface area contributed by atoms with Crippen LogP contribution in [0.4, 0.5) is 0 Å². The first-order chi connectivity index (χ1) is 18.5. The molecule has 4 aliphatic rings. The molecule has 3 aliphatic heterocycles. The van der Waals surface area contributed by atoms with E-state index >= 15 is 0 Å². The van der Waals surface area contributed by atoms with E-state index in [2.05, 4.69) is 39.8 Å². The number of hydrogen-bond donors (Lipinski definition) is 2. The summed E-state index contributed by atoms with van der Waals surface area (Å²) in [5.74, 6) is -1.55. The van der Waals surface area contributed by atoms with Gasteiger partial charge < -0.3 is 29.2 Å². The Morgan fingerprint density at radius 2 is 1.90 bits per heavy atom. The Bertz CT molecular complexity index is 1010. The van der Waals surface area contributed by atoms with Crippen LogP contribution in [-0.2, 0) is 23.7 Å². The van der Waals surface area contributed by atoms with Crippen LogP contribution in [0.25, 0.3) is 0 Å². The van der Waals surface area contributed by atoms with Gasteiger partial charge in [0.2, 0.25) is 0 Å². The maximum atomic E-state index is 13.9. The fourth-order valence-corrected chi connectivity index (χ4v) is 6.66. The highest BCUT2D eigenvalue weighted by Gasteiger charge is 2.51. The number of aliphatic hydroxyl groups excluding tert-OH is 1. The Morgan fingerprint density at radius 3 is 2.59 bits per heavy atom. The van der Waals surface area contributed by atoms with Crippen molar-refractivity contribution in [3.8, 4) is 0 Å². The second-order valence-electron chi connectivity index (χ2n) is 12.4. The Labute approximate surface area is 233 Å². The number of methoxy groups -OCH3 is 1. The first kappa shape index (κ1) is 30.2. The summed E-state index contributed by atoms with van der Waals surface area (Å²) >= 11 is 0. The minimum Gasteiger partial charge on any atom is -0.462 e. The zero-order valence-corrected chi connectivity index (χ0v) is 24.5. The summed E-state index contributed by atoms with van der Waals surface area (Å²) in [6.45, 7) is 10.1. The number of allylic oxidation sites excluding steroid dienone is 4. The molecule has 1 spiro atoms. The van der Waals surface area contributed by atoms with Gasteiger partial charge in [0.25, 0.3) is 0 Å². The molecule has 39 heavy (non-hydrogen) atoms. The van der Waals surface area contributed by atoms with Crippen LogP contribution < -0.4 is 0 Å². The molecular formula is C32H48O7. The standard InChI is InChI=1S/C32H48O7/c1-20-8-7-9-25(19-33)32(35)18-29(36-6)23(4)15-28(32)30(34)37-27-16-26(11-10-21(2)14-20)39-31(17-27)13-12-22(3)24(5)38-31/h7-10,15,20,22,24,26-29,33,35H,11-14,16-19H2,1-6H3/b8-7-,21-10-,25-9+. The molecule has 7 nitrogen and oxygen atoms in total. The monoisotopic (exact) mass is 544 g/mol. The number of aliphatic hydroxyl groups is 2. The van der Waals surface area contributed by atoms with E-state index in [0.717, 1.165) is 31.3 Å². The minimum atomic E-state index is -1.64. The zero-order valence-electron chi connectivity index (χ0n) is 24.5. The van der Waals surface area contributed by atoms with Crippen LogP contribution in [-0.4, -0.2) is 65.7 Å². The van der Waals surface area contributed by atoms with Gasteiger partial charge in [0, 0.05) is 32.8 Å². The fraction of sp³-hybridized carbons (Fsp3) is 0.719. The van der Waals surface area contributed by atoms with E-state index in [1.807, 2.05) is 13.0 Å². The van der Waals surface area contributed by atoms with Crippen molar-refractivity contribution < 1.29 is 34.0 Å². The molecule has 0 amide bonds. The predicted octanol–water partition coefficient (Wildman–Crippen LogP) is 5.17. The van der Waals surface area contributed by atoms with Gasteiger partial charge in [-0.2, -0.15) is 0 Å². The molecule has 2 N–H and O–H groups in total. The van der Waals surface area contributed by atoms with Crippen molar-refractivity contribution in [2.75, 3.05) is 13.7 Å². The highest BCUT2D eigenvalue weighted by molar-refractivity contribution is 5.78. The summed E-state index contributed by atoms with van der Waals surface area (Å²) in [5, 5.41) is 22.4. The third-order valence-electron chi connectivity index (χ3n) is 9.23. The van der Waals surface area contributed by atoms with Crippen LogP contribution in [0, 0.1) is 17.8 Å². The highest BCUT2D eigenvalue weighted by Crippen LogP contribution is 2.44. The highest BCUT2D eigenvalue weighted by atomic mass is 16.7. The van der Waals surface area contributed by atoms with E-state index < -0.39 is 29.4 Å². The number of hydrogen-bond acceptors (Lipinski definition) is 7. The predicted molar refractivity (Wildman–Crippen MR) is 150 cm³/mol. The normalized spacial score (nSPS) is 45.7. The second-order valence-corrected chi connectivity index (χ2v) is 12.4. The van der Waals surface area contributed by atoms with E-state index in [-0.39, 0.29) is 37.3 Å². The summed E-state index contributed by atoms with van der Waals surface area (Å²) in [6, 6.07) is 0. The lowest BCUT2D eigenvalue weighted by Gasteiger charge is -2.49. The third kappa shape index (κ3) is 6.76. The number of ether oxygens (including phenoxy) is 4. The molecule has 9 atom stereocenters. The molecule has 3 heterocycles. The van der Waals surface area contributed by atoms with Gasteiger partial charge in [-0.15, -0.1) is 0 Å². The van der Waals surface area contributed by atoms with E-state index in [9.17, 15) is 15.0 Å². The van der Waals surface area contributed by atoms with Crippen molar-refractivity contribution in [3.63, 3.8) is 0 Å². The number of rotatable bonds is 2. The molecule has 0 aromatic carbocycles. The van der Waals surface area contributed by atoms with Gasteiger partial charge in [-0.1, -0.05) is 49.8 Å². The molecule has 9 unspecified atom stereocenters. The lowest BCUT2D eigenvalue weighted by Crippen LogP contribution is -2.55. The Morgan fingerprint density at radius 1 is 1.13 bits per heavy atom. The molecule has 7 heteroatoms. The smallest absolute Gasteiger partial charge is 0.316 e. The van der Waals surface area contributed by atoms with Gasteiger partial charge in [-0.3, -0.25) is 4.79 Å². The Balaban J connectivity index is 1.73. The molecule has 0 aromatic rings. The summed E-state index contributed by atoms with van der Waals surface area (Å²) in [4.78, 5) is 13.9. The van der Waals surface area contributed by atoms with Gasteiger partial charge in [0.1, 0.15) is 17.6 Å². The van der Waals surface area contributed by atoms with Crippen LogP contribution in [0.15, 0.2) is 47.1 Å². The molecule has 2 bridgehead atoms. The van der Waals surface area contributed by atoms with E-state index in [4.69, 9.17) is 18.9 Å². The van der Waals surface area contributed by atoms with E-state index in [0.29, 0.717) is 24.3 Å². The first-order valence-electron chi connectivity index (χ1n) is 14.6. The lowest BCUT2D eigenvalue weighted by atomic mass is 9.71. The van der Waals surface area contributed by atoms with E-state index in [1.165, 1.54) is 5.57 Å². The summed E-state index contributed by atoms with van der Waals surface area (Å²) in [7, 11) is 1.59. The average molecular weight is 545 g/mol. The topological polar surface area (TPSA) is 94.5 Å². The summed E-state index contributed by atoms with van der Waals surface area (Å²) in [6.07, 6.45) is 13.3. The van der Waals surface area contributed by atoms with Crippen LogP contribution in [0.2, 0.25) is 0 Å².